The molecule has 0 unspecified atom stereocenters. The zero-order valence-electron chi connectivity index (χ0n) is 9.31. The monoisotopic (exact) mass is 247 g/mol. The maximum absolute atomic E-state index is 4.28. The van der Waals surface area contributed by atoms with Gasteiger partial charge in [0.15, 0.2) is 0 Å². The van der Waals surface area contributed by atoms with Gasteiger partial charge < -0.3 is 0 Å². The molecule has 16 heavy (non-hydrogen) atoms. The Balaban J connectivity index is 2.03. The number of hydrogen-bond donors (Lipinski definition) is 0. The van der Waals surface area contributed by atoms with Gasteiger partial charge in [-0.05, 0) is 60.0 Å². The van der Waals surface area contributed by atoms with E-state index in [1.54, 1.807) is 21.6 Å². The van der Waals surface area contributed by atoms with Crippen LogP contribution in [0, 0.1) is 13.8 Å². The second-order valence-corrected chi connectivity index (χ2v) is 5.80. The minimum Gasteiger partial charge on any atom is -0.249 e. The zero-order valence-corrected chi connectivity index (χ0v) is 10.9. The van der Waals surface area contributed by atoms with Crippen molar-refractivity contribution in [3.8, 4) is 0 Å². The first kappa shape index (κ1) is 11.6. The summed E-state index contributed by atoms with van der Waals surface area (Å²) < 4.78 is 0. The molecule has 82 valence electrons. The van der Waals surface area contributed by atoms with Crippen molar-refractivity contribution in [3.05, 3.63) is 53.7 Å². The number of hydrogen-bond acceptors (Lipinski definition) is 3. The van der Waals surface area contributed by atoms with Crippen LogP contribution in [-0.4, -0.2) is 4.98 Å². The van der Waals surface area contributed by atoms with Gasteiger partial charge in [0.05, 0.1) is 0 Å². The highest BCUT2D eigenvalue weighted by molar-refractivity contribution is 8.76. The van der Waals surface area contributed by atoms with E-state index in [-0.39, 0.29) is 0 Å². The van der Waals surface area contributed by atoms with E-state index in [1.807, 2.05) is 24.4 Å². The molecule has 0 atom stereocenters. The Bertz CT molecular complexity index is 469. The standard InChI is InChI=1S/C13H13NS2/c1-10-6-7-12(9-11(10)2)15-16-13-5-3-4-8-14-13/h3-9H,1-2H3. The first-order chi connectivity index (χ1) is 7.75. The van der Waals surface area contributed by atoms with E-state index in [4.69, 9.17) is 0 Å². The number of pyridine rings is 1. The van der Waals surface area contributed by atoms with Crippen LogP contribution in [0.1, 0.15) is 11.1 Å². The topological polar surface area (TPSA) is 12.9 Å². The van der Waals surface area contributed by atoms with Crippen LogP contribution in [0.3, 0.4) is 0 Å². The normalized spacial score (nSPS) is 10.4. The van der Waals surface area contributed by atoms with Gasteiger partial charge in [0.25, 0.3) is 0 Å². The Hall–Kier alpha value is -0.930. The minimum absolute atomic E-state index is 1.05. The highest BCUT2D eigenvalue weighted by atomic mass is 33.1. The third-order valence-electron chi connectivity index (χ3n) is 2.34. The number of benzene rings is 1. The van der Waals surface area contributed by atoms with Gasteiger partial charge in [-0.15, -0.1) is 0 Å². The molecule has 0 saturated carbocycles. The first-order valence-electron chi connectivity index (χ1n) is 5.08. The molecule has 0 radical (unpaired) electrons. The fraction of sp³-hybridized carbons (Fsp3) is 0.154. The lowest BCUT2D eigenvalue weighted by atomic mass is 10.1. The third-order valence-corrected chi connectivity index (χ3v) is 4.62. The average molecular weight is 247 g/mol. The van der Waals surface area contributed by atoms with Crippen LogP contribution in [0.15, 0.2) is 52.5 Å². The van der Waals surface area contributed by atoms with Crippen molar-refractivity contribution in [1.29, 1.82) is 0 Å². The van der Waals surface area contributed by atoms with E-state index in [0.717, 1.165) is 5.03 Å². The van der Waals surface area contributed by atoms with E-state index < -0.39 is 0 Å². The molecule has 1 aromatic carbocycles. The molecule has 0 aliphatic heterocycles. The molecule has 2 rings (SSSR count). The van der Waals surface area contributed by atoms with Crippen molar-refractivity contribution in [3.63, 3.8) is 0 Å². The van der Waals surface area contributed by atoms with Gasteiger partial charge in [-0.1, -0.05) is 22.9 Å². The van der Waals surface area contributed by atoms with Crippen LogP contribution in [0.5, 0.6) is 0 Å². The highest BCUT2D eigenvalue weighted by Crippen LogP contribution is 2.36. The van der Waals surface area contributed by atoms with Crippen molar-refractivity contribution in [2.45, 2.75) is 23.8 Å². The molecule has 3 heteroatoms. The average Bonchev–Trinajstić information content (AvgIpc) is 2.32. The summed E-state index contributed by atoms with van der Waals surface area (Å²) in [6.07, 6.45) is 1.82. The number of aryl methyl sites for hydroxylation is 2. The van der Waals surface area contributed by atoms with Gasteiger partial charge in [0.1, 0.15) is 5.03 Å². The molecular formula is C13H13NS2. The summed E-state index contributed by atoms with van der Waals surface area (Å²) in [5, 5.41) is 1.05. The Morgan fingerprint density at radius 2 is 1.81 bits per heavy atom. The van der Waals surface area contributed by atoms with Gasteiger partial charge in [-0.3, -0.25) is 0 Å². The van der Waals surface area contributed by atoms with Gasteiger partial charge in [0.2, 0.25) is 0 Å². The zero-order chi connectivity index (χ0) is 11.4. The molecule has 0 aliphatic carbocycles. The summed E-state index contributed by atoms with van der Waals surface area (Å²) >= 11 is 0. The number of rotatable bonds is 3. The molecule has 0 aliphatic rings. The quantitative estimate of drug-likeness (QED) is 0.741. The molecule has 0 spiro atoms. The van der Waals surface area contributed by atoms with Gasteiger partial charge >= 0.3 is 0 Å². The molecule has 0 fully saturated rings. The second kappa shape index (κ2) is 5.41. The van der Waals surface area contributed by atoms with Crippen LogP contribution in [0.25, 0.3) is 0 Å². The van der Waals surface area contributed by atoms with E-state index in [1.165, 1.54) is 16.0 Å². The molecule has 0 amide bonds. The van der Waals surface area contributed by atoms with Gasteiger partial charge in [-0.2, -0.15) is 0 Å². The first-order valence-corrected chi connectivity index (χ1v) is 7.23. The second-order valence-electron chi connectivity index (χ2n) is 3.58. The maximum Gasteiger partial charge on any atom is 0.107 e. The lowest BCUT2D eigenvalue weighted by Gasteiger charge is -2.03. The van der Waals surface area contributed by atoms with Crippen LogP contribution in [-0.2, 0) is 0 Å². The van der Waals surface area contributed by atoms with E-state index >= 15 is 0 Å². The SMILES string of the molecule is Cc1ccc(SSc2ccccn2)cc1C. The van der Waals surface area contributed by atoms with Crippen molar-refractivity contribution in [2.75, 3.05) is 0 Å². The molecule has 1 heterocycles. The molecule has 2 aromatic rings. The van der Waals surface area contributed by atoms with Crippen molar-refractivity contribution in [2.24, 2.45) is 0 Å². The summed E-state index contributed by atoms with van der Waals surface area (Å²) in [6, 6.07) is 12.5. The Morgan fingerprint density at radius 1 is 0.938 bits per heavy atom. The Kier molecular flexibility index (Phi) is 3.91. The van der Waals surface area contributed by atoms with Crippen molar-refractivity contribution >= 4 is 21.6 Å². The minimum atomic E-state index is 1.05. The molecular weight excluding hydrogens is 234 g/mol. The van der Waals surface area contributed by atoms with Crippen molar-refractivity contribution < 1.29 is 0 Å². The molecule has 0 N–H and O–H groups in total. The van der Waals surface area contributed by atoms with Crippen molar-refractivity contribution in [1.82, 2.24) is 4.98 Å². The van der Waals surface area contributed by atoms with E-state index in [0.29, 0.717) is 0 Å². The third kappa shape index (κ3) is 3.03. The summed E-state index contributed by atoms with van der Waals surface area (Å²) in [4.78, 5) is 5.55. The lowest BCUT2D eigenvalue weighted by Crippen LogP contribution is -1.80. The number of aromatic nitrogens is 1. The predicted octanol–water partition coefficient (Wildman–Crippen LogP) is 4.50. The maximum atomic E-state index is 4.28. The molecule has 1 nitrogen and oxygen atoms in total. The summed E-state index contributed by atoms with van der Waals surface area (Å²) in [7, 11) is 3.44. The molecule has 0 bridgehead atoms. The van der Waals surface area contributed by atoms with E-state index in [2.05, 4.69) is 37.0 Å². The fourth-order valence-corrected chi connectivity index (χ4v) is 3.17. The summed E-state index contributed by atoms with van der Waals surface area (Å²) in [6.45, 7) is 4.28. The smallest absolute Gasteiger partial charge is 0.107 e. The molecule has 0 saturated heterocycles. The fourth-order valence-electron chi connectivity index (χ4n) is 1.25. The number of nitrogens with zero attached hydrogens (tertiary/aromatic N) is 1. The highest BCUT2D eigenvalue weighted by Gasteiger charge is 1.99. The van der Waals surface area contributed by atoms with Gasteiger partial charge in [-0.25, -0.2) is 4.98 Å². The Labute approximate surface area is 104 Å². The van der Waals surface area contributed by atoms with Crippen LogP contribution in [0.4, 0.5) is 0 Å². The predicted molar refractivity (Wildman–Crippen MR) is 71.9 cm³/mol. The largest absolute Gasteiger partial charge is 0.249 e. The summed E-state index contributed by atoms with van der Waals surface area (Å²) in [5.41, 5.74) is 2.68. The molecule has 1 aromatic heterocycles. The van der Waals surface area contributed by atoms with E-state index in [9.17, 15) is 0 Å². The van der Waals surface area contributed by atoms with Gasteiger partial charge in [0, 0.05) is 11.1 Å². The van der Waals surface area contributed by atoms with Crippen LogP contribution >= 0.6 is 21.6 Å². The van der Waals surface area contributed by atoms with Crippen LogP contribution in [0.2, 0.25) is 0 Å². The lowest BCUT2D eigenvalue weighted by molar-refractivity contribution is 1.14. The summed E-state index contributed by atoms with van der Waals surface area (Å²) in [5.74, 6) is 0. The Morgan fingerprint density at radius 3 is 2.50 bits per heavy atom. The van der Waals surface area contributed by atoms with Crippen LogP contribution < -0.4 is 0 Å².